The molecule has 0 spiro atoms. The van der Waals surface area contributed by atoms with Crippen LogP contribution < -0.4 is 0 Å². The highest BCUT2D eigenvalue weighted by atomic mass is 79.9. The zero-order valence-electron chi connectivity index (χ0n) is 4.09. The SMILES string of the molecule is CSc1nnc(Br)o1. The fourth-order valence-corrected chi connectivity index (χ4v) is 0.900. The summed E-state index contributed by atoms with van der Waals surface area (Å²) in [6, 6.07) is 0. The number of hydrogen-bond donors (Lipinski definition) is 0. The number of halogens is 1. The fraction of sp³-hybridized carbons (Fsp3) is 0.333. The summed E-state index contributed by atoms with van der Waals surface area (Å²) in [6.07, 6.45) is 1.87. The van der Waals surface area contributed by atoms with E-state index >= 15 is 0 Å². The van der Waals surface area contributed by atoms with Crippen molar-refractivity contribution in [3.63, 3.8) is 0 Å². The van der Waals surface area contributed by atoms with E-state index in [4.69, 9.17) is 4.42 Å². The largest absolute Gasteiger partial charge is 0.406 e. The van der Waals surface area contributed by atoms with Gasteiger partial charge in [0, 0.05) is 15.9 Å². The van der Waals surface area contributed by atoms with Crippen LogP contribution in [0.15, 0.2) is 14.4 Å². The molecule has 0 fully saturated rings. The number of thioether (sulfide) groups is 1. The predicted octanol–water partition coefficient (Wildman–Crippen LogP) is 1.55. The second-order valence-electron chi connectivity index (χ2n) is 1.03. The van der Waals surface area contributed by atoms with Crippen molar-refractivity contribution < 1.29 is 4.42 Å². The Labute approximate surface area is 59.0 Å². The van der Waals surface area contributed by atoms with Gasteiger partial charge in [0.05, 0.1) is 0 Å². The summed E-state index contributed by atoms with van der Waals surface area (Å²) in [4.78, 5) is 0.432. The van der Waals surface area contributed by atoms with Gasteiger partial charge in [-0.2, -0.15) is 0 Å². The van der Waals surface area contributed by atoms with Crippen LogP contribution in [0.2, 0.25) is 0 Å². The van der Waals surface area contributed by atoms with E-state index in [1.165, 1.54) is 11.8 Å². The first-order valence-corrected chi connectivity index (χ1v) is 3.87. The first kappa shape index (κ1) is 6.10. The monoisotopic (exact) mass is 194 g/mol. The topological polar surface area (TPSA) is 38.9 Å². The lowest BCUT2D eigenvalue weighted by atomic mass is 11.5. The van der Waals surface area contributed by atoms with Crippen LogP contribution >= 0.6 is 27.7 Å². The third kappa shape index (κ3) is 1.23. The first-order valence-electron chi connectivity index (χ1n) is 1.86. The molecule has 0 atom stereocenters. The van der Waals surface area contributed by atoms with Gasteiger partial charge in [-0.15, -0.1) is 5.10 Å². The van der Waals surface area contributed by atoms with Crippen molar-refractivity contribution in [2.75, 3.05) is 6.26 Å². The standard InChI is InChI=1S/C3H3BrN2OS/c1-8-3-6-5-2(4)7-3/h1H3. The Balaban J connectivity index is 2.84. The predicted molar refractivity (Wildman–Crippen MR) is 33.8 cm³/mol. The Kier molecular flexibility index (Phi) is 1.90. The Bertz CT molecular complexity index is 178. The highest BCUT2D eigenvalue weighted by molar-refractivity contribution is 9.10. The smallest absolute Gasteiger partial charge is 0.285 e. The van der Waals surface area contributed by atoms with Gasteiger partial charge < -0.3 is 4.42 Å². The zero-order valence-corrected chi connectivity index (χ0v) is 6.49. The fourth-order valence-electron chi connectivity index (χ4n) is 0.275. The van der Waals surface area contributed by atoms with Crippen molar-refractivity contribution in [3.8, 4) is 0 Å². The summed E-state index contributed by atoms with van der Waals surface area (Å²) in [5, 5.41) is 7.78. The van der Waals surface area contributed by atoms with Gasteiger partial charge in [0.1, 0.15) is 0 Å². The lowest BCUT2D eigenvalue weighted by Gasteiger charge is -1.76. The van der Waals surface area contributed by atoms with E-state index in [0.29, 0.717) is 10.0 Å². The third-order valence-corrected chi connectivity index (χ3v) is 1.39. The average molecular weight is 195 g/mol. The molecule has 0 unspecified atom stereocenters. The maximum absolute atomic E-state index is 4.89. The van der Waals surface area contributed by atoms with E-state index in [1.54, 1.807) is 0 Å². The maximum Gasteiger partial charge on any atom is 0.285 e. The van der Waals surface area contributed by atoms with Gasteiger partial charge >= 0.3 is 0 Å². The first-order chi connectivity index (χ1) is 3.83. The summed E-state index contributed by atoms with van der Waals surface area (Å²) in [7, 11) is 0. The Morgan fingerprint density at radius 3 is 2.62 bits per heavy atom. The van der Waals surface area contributed by atoms with Crippen molar-refractivity contribution in [3.05, 3.63) is 4.80 Å². The molecular weight excluding hydrogens is 192 g/mol. The molecule has 0 aromatic carbocycles. The molecule has 0 radical (unpaired) electrons. The lowest BCUT2D eigenvalue weighted by molar-refractivity contribution is 0.433. The molecule has 8 heavy (non-hydrogen) atoms. The Morgan fingerprint density at radius 1 is 1.62 bits per heavy atom. The van der Waals surface area contributed by atoms with E-state index in [-0.39, 0.29) is 0 Å². The third-order valence-electron chi connectivity index (χ3n) is 0.556. The van der Waals surface area contributed by atoms with E-state index in [0.717, 1.165) is 0 Å². The second-order valence-corrected chi connectivity index (χ2v) is 2.46. The molecule has 0 N–H and O–H groups in total. The number of rotatable bonds is 1. The molecule has 0 bridgehead atoms. The highest BCUT2D eigenvalue weighted by Crippen LogP contribution is 2.14. The van der Waals surface area contributed by atoms with Gasteiger partial charge in [0.2, 0.25) is 0 Å². The quantitative estimate of drug-likeness (QED) is 0.637. The van der Waals surface area contributed by atoms with E-state index in [2.05, 4.69) is 26.1 Å². The molecule has 0 saturated heterocycles. The van der Waals surface area contributed by atoms with Gasteiger partial charge in [-0.25, -0.2) is 0 Å². The second kappa shape index (κ2) is 2.50. The van der Waals surface area contributed by atoms with Crippen LogP contribution in [-0.4, -0.2) is 16.5 Å². The normalized spacial score (nSPS) is 9.75. The highest BCUT2D eigenvalue weighted by Gasteiger charge is 1.97. The molecular formula is C3H3BrN2OS. The summed E-state index contributed by atoms with van der Waals surface area (Å²) in [5.74, 6) is 0. The van der Waals surface area contributed by atoms with Crippen LogP contribution in [0.1, 0.15) is 0 Å². The average Bonchev–Trinajstić information content (AvgIpc) is 2.14. The van der Waals surface area contributed by atoms with Crippen LogP contribution in [0.4, 0.5) is 0 Å². The molecule has 44 valence electrons. The molecule has 0 aliphatic heterocycles. The summed E-state index contributed by atoms with van der Waals surface area (Å²) in [5.41, 5.74) is 0. The number of aromatic nitrogens is 2. The zero-order chi connectivity index (χ0) is 5.98. The van der Waals surface area contributed by atoms with E-state index in [1.807, 2.05) is 6.26 Å². The molecule has 1 aromatic rings. The van der Waals surface area contributed by atoms with Gasteiger partial charge in [0.25, 0.3) is 10.0 Å². The van der Waals surface area contributed by atoms with Crippen LogP contribution in [0.25, 0.3) is 0 Å². The van der Waals surface area contributed by atoms with Crippen molar-refractivity contribution in [2.45, 2.75) is 5.22 Å². The van der Waals surface area contributed by atoms with E-state index in [9.17, 15) is 0 Å². The molecule has 1 heterocycles. The molecule has 3 nitrogen and oxygen atoms in total. The Morgan fingerprint density at radius 2 is 2.38 bits per heavy atom. The molecule has 0 aliphatic rings. The summed E-state index contributed by atoms with van der Waals surface area (Å²) >= 11 is 4.44. The van der Waals surface area contributed by atoms with Crippen LogP contribution in [-0.2, 0) is 0 Å². The molecule has 0 aliphatic carbocycles. The molecule has 1 aromatic heterocycles. The molecule has 5 heteroatoms. The van der Waals surface area contributed by atoms with Gasteiger partial charge in [-0.3, -0.25) is 0 Å². The van der Waals surface area contributed by atoms with Crippen LogP contribution in [0.5, 0.6) is 0 Å². The molecule has 1 rings (SSSR count). The van der Waals surface area contributed by atoms with E-state index < -0.39 is 0 Å². The van der Waals surface area contributed by atoms with Crippen LogP contribution in [0.3, 0.4) is 0 Å². The van der Waals surface area contributed by atoms with Gasteiger partial charge in [-0.1, -0.05) is 16.9 Å². The Hall–Kier alpha value is -0.0300. The maximum atomic E-state index is 4.89. The minimum Gasteiger partial charge on any atom is -0.406 e. The summed E-state index contributed by atoms with van der Waals surface area (Å²) < 4.78 is 4.89. The minimum absolute atomic E-state index is 0.432. The number of nitrogens with zero attached hydrogens (tertiary/aromatic N) is 2. The van der Waals surface area contributed by atoms with Crippen molar-refractivity contribution in [2.24, 2.45) is 0 Å². The lowest BCUT2D eigenvalue weighted by Crippen LogP contribution is -1.65. The van der Waals surface area contributed by atoms with Crippen molar-refractivity contribution in [1.29, 1.82) is 0 Å². The van der Waals surface area contributed by atoms with Crippen LogP contribution in [0, 0.1) is 0 Å². The van der Waals surface area contributed by atoms with Gasteiger partial charge in [-0.05, 0) is 6.26 Å². The molecule has 0 amide bonds. The number of hydrogen-bond acceptors (Lipinski definition) is 4. The molecule has 0 saturated carbocycles. The minimum atomic E-state index is 0.432. The van der Waals surface area contributed by atoms with Crippen molar-refractivity contribution >= 4 is 27.7 Å². The van der Waals surface area contributed by atoms with Crippen molar-refractivity contribution in [1.82, 2.24) is 10.2 Å². The summed E-state index contributed by atoms with van der Waals surface area (Å²) in [6.45, 7) is 0. The van der Waals surface area contributed by atoms with Gasteiger partial charge in [0.15, 0.2) is 0 Å².